The molecular formula is C22H27BrN4O5S2. The zero-order valence-corrected chi connectivity index (χ0v) is 21.7. The first kappa shape index (κ1) is 29.3. The first-order chi connectivity index (χ1) is 16.4. The molecule has 5 N–H and O–H groups in total. The Labute approximate surface area is 214 Å². The Morgan fingerprint density at radius 2 is 1.68 bits per heavy atom. The number of rotatable bonds is 11. The van der Waals surface area contributed by atoms with E-state index in [1.165, 1.54) is 0 Å². The van der Waals surface area contributed by atoms with Crippen molar-refractivity contribution in [1.82, 2.24) is 10.6 Å². The van der Waals surface area contributed by atoms with E-state index in [0.717, 1.165) is 21.8 Å². The van der Waals surface area contributed by atoms with Gasteiger partial charge in [0.05, 0.1) is 4.47 Å². The molecule has 12 heteroatoms. The molecule has 0 heterocycles. The van der Waals surface area contributed by atoms with E-state index in [2.05, 4.69) is 36.9 Å². The number of phenolic OH excluding ortho intramolecular Hbond substituents is 1. The summed E-state index contributed by atoms with van der Waals surface area (Å²) in [6.07, 6.45) is 1.06. The molecule has 9 nitrogen and oxygen atoms in total. The van der Waals surface area contributed by atoms with Crippen LogP contribution < -0.4 is 10.6 Å². The third kappa shape index (κ3) is 13.1. The van der Waals surface area contributed by atoms with Crippen molar-refractivity contribution in [1.29, 1.82) is 0 Å². The molecule has 0 unspecified atom stereocenters. The molecule has 184 valence electrons. The molecule has 0 aliphatic carbocycles. The fourth-order valence-corrected chi connectivity index (χ4v) is 4.61. The van der Waals surface area contributed by atoms with Crippen LogP contribution in [0.25, 0.3) is 0 Å². The predicted octanol–water partition coefficient (Wildman–Crippen LogP) is 3.60. The van der Waals surface area contributed by atoms with Crippen molar-refractivity contribution in [3.8, 4) is 5.75 Å². The molecule has 0 atom stereocenters. The molecule has 0 aliphatic rings. The Balaban J connectivity index is 0.000000533. The Bertz CT molecular complexity index is 962. The van der Waals surface area contributed by atoms with Gasteiger partial charge < -0.3 is 26.2 Å². The summed E-state index contributed by atoms with van der Waals surface area (Å²) >= 11 is 3.20. The number of aromatic hydroxyl groups is 1. The van der Waals surface area contributed by atoms with E-state index >= 15 is 0 Å². The Morgan fingerprint density at radius 3 is 2.24 bits per heavy atom. The molecule has 2 amide bonds. The number of carbonyl (C=O) groups is 2. The van der Waals surface area contributed by atoms with Crippen molar-refractivity contribution in [3.05, 3.63) is 64.1 Å². The second kappa shape index (κ2) is 17.7. The zero-order chi connectivity index (χ0) is 25.2. The largest absolute Gasteiger partial charge is 0.507 e. The van der Waals surface area contributed by atoms with Crippen LogP contribution in [0.2, 0.25) is 0 Å². The van der Waals surface area contributed by atoms with Crippen molar-refractivity contribution in [2.75, 3.05) is 24.6 Å². The number of hydrogen-bond donors (Lipinski definition) is 5. The molecule has 2 rings (SSSR count). The second-order valence-corrected chi connectivity index (χ2v) is 10.2. The number of phenols is 1. The van der Waals surface area contributed by atoms with E-state index in [-0.39, 0.29) is 12.1 Å². The Morgan fingerprint density at radius 1 is 1.03 bits per heavy atom. The van der Waals surface area contributed by atoms with Gasteiger partial charge in [-0.2, -0.15) is 0 Å². The maximum absolute atomic E-state index is 12.0. The third-order valence-electron chi connectivity index (χ3n) is 3.91. The average Bonchev–Trinajstić information content (AvgIpc) is 2.83. The number of halogens is 1. The van der Waals surface area contributed by atoms with Gasteiger partial charge in [0.1, 0.15) is 17.7 Å². The molecule has 34 heavy (non-hydrogen) atoms. The SMILES string of the molecule is Cc1ccc(O)c(Br)c1.O=C(/C=N/O)NCCSSCCNC(=O)/C(Cc1ccccc1)=N/O. The van der Waals surface area contributed by atoms with Crippen LogP contribution in [0.15, 0.2) is 63.3 Å². The summed E-state index contributed by atoms with van der Waals surface area (Å²) in [4.78, 5) is 22.9. The van der Waals surface area contributed by atoms with Gasteiger partial charge in [-0.05, 0) is 46.1 Å². The highest BCUT2D eigenvalue weighted by atomic mass is 79.9. The standard InChI is InChI=1S/C15H20N4O4S2.C7H7BrO/c20-14(11-18-22)16-6-8-24-25-9-7-17-15(21)13(19-23)10-12-4-2-1-3-5-12;1-5-2-3-7(9)6(8)4-5/h1-5,11,22-23H,6-10H2,(H,16,20)(H,17,21);2-4,9H,1H3/b18-11+,19-13+;. The molecule has 2 aromatic rings. The summed E-state index contributed by atoms with van der Waals surface area (Å²) in [6, 6.07) is 14.7. The van der Waals surface area contributed by atoms with Crippen LogP contribution in [0.4, 0.5) is 0 Å². The molecule has 0 fully saturated rings. The number of nitrogens with one attached hydrogen (secondary N) is 2. The predicted molar refractivity (Wildman–Crippen MR) is 141 cm³/mol. The lowest BCUT2D eigenvalue weighted by atomic mass is 10.1. The second-order valence-electron chi connectivity index (χ2n) is 6.60. The third-order valence-corrected chi connectivity index (χ3v) is 6.96. The highest BCUT2D eigenvalue weighted by molar-refractivity contribution is 9.10. The van der Waals surface area contributed by atoms with Crippen LogP contribution in [-0.4, -0.2) is 63.9 Å². The van der Waals surface area contributed by atoms with Gasteiger partial charge >= 0.3 is 0 Å². The van der Waals surface area contributed by atoms with Gasteiger partial charge in [-0.25, -0.2) is 0 Å². The maximum atomic E-state index is 12.0. The number of hydrogen-bond acceptors (Lipinski definition) is 9. The lowest BCUT2D eigenvalue weighted by Gasteiger charge is -2.07. The van der Waals surface area contributed by atoms with Gasteiger partial charge in [0.2, 0.25) is 0 Å². The van der Waals surface area contributed by atoms with Crippen molar-refractivity contribution < 1.29 is 25.1 Å². The van der Waals surface area contributed by atoms with Crippen molar-refractivity contribution in [2.45, 2.75) is 13.3 Å². The Hall–Kier alpha value is -2.70. The smallest absolute Gasteiger partial charge is 0.269 e. The van der Waals surface area contributed by atoms with Crippen LogP contribution in [-0.2, 0) is 16.0 Å². The van der Waals surface area contributed by atoms with Gasteiger partial charge in [0.25, 0.3) is 11.8 Å². The van der Waals surface area contributed by atoms with Crippen LogP contribution in [0.3, 0.4) is 0 Å². The molecule has 0 aromatic heterocycles. The van der Waals surface area contributed by atoms with Crippen LogP contribution in [0.5, 0.6) is 5.75 Å². The van der Waals surface area contributed by atoms with Gasteiger partial charge in [0, 0.05) is 31.0 Å². The number of benzene rings is 2. The quantitative estimate of drug-likeness (QED) is 0.0912. The monoisotopic (exact) mass is 570 g/mol. The van der Waals surface area contributed by atoms with Crippen LogP contribution in [0.1, 0.15) is 11.1 Å². The lowest BCUT2D eigenvalue weighted by molar-refractivity contribution is -0.115. The minimum Gasteiger partial charge on any atom is -0.507 e. The molecule has 0 saturated carbocycles. The first-order valence-electron chi connectivity index (χ1n) is 10.0. The van der Waals surface area contributed by atoms with E-state index in [9.17, 15) is 9.59 Å². The molecule has 0 aliphatic heterocycles. The summed E-state index contributed by atoms with van der Waals surface area (Å²) in [7, 11) is 3.09. The Kier molecular flexibility index (Phi) is 15.3. The number of aryl methyl sites for hydroxylation is 1. The van der Waals surface area contributed by atoms with Gasteiger partial charge in [0.15, 0.2) is 0 Å². The van der Waals surface area contributed by atoms with Crippen LogP contribution >= 0.6 is 37.5 Å². The van der Waals surface area contributed by atoms with E-state index < -0.39 is 11.8 Å². The average molecular weight is 572 g/mol. The highest BCUT2D eigenvalue weighted by Crippen LogP contribution is 2.23. The summed E-state index contributed by atoms with van der Waals surface area (Å²) < 4.78 is 0.752. The number of carbonyl (C=O) groups excluding carboxylic acids is 2. The maximum Gasteiger partial charge on any atom is 0.269 e. The number of nitrogens with zero attached hydrogens (tertiary/aromatic N) is 2. The van der Waals surface area contributed by atoms with Gasteiger partial charge in [-0.15, -0.1) is 0 Å². The lowest BCUT2D eigenvalue weighted by Crippen LogP contribution is -2.33. The zero-order valence-electron chi connectivity index (χ0n) is 18.5. The van der Waals surface area contributed by atoms with E-state index in [0.29, 0.717) is 30.3 Å². The van der Waals surface area contributed by atoms with Crippen molar-refractivity contribution in [2.24, 2.45) is 10.3 Å². The topological polar surface area (TPSA) is 144 Å². The molecular weight excluding hydrogens is 544 g/mol. The van der Waals surface area contributed by atoms with Crippen molar-refractivity contribution >= 4 is 61.3 Å². The van der Waals surface area contributed by atoms with E-state index in [1.807, 2.05) is 49.4 Å². The number of amides is 2. The minimum atomic E-state index is -0.449. The molecule has 2 aromatic carbocycles. The normalized spacial score (nSPS) is 10.9. The summed E-state index contributed by atoms with van der Waals surface area (Å²) in [5.41, 5.74) is 2.10. The molecule has 0 radical (unpaired) electrons. The fourth-order valence-electron chi connectivity index (χ4n) is 2.30. The fraction of sp³-hybridized carbons (Fsp3) is 0.273. The number of oxime groups is 2. The van der Waals surface area contributed by atoms with E-state index in [1.54, 1.807) is 27.7 Å². The molecule has 0 spiro atoms. The van der Waals surface area contributed by atoms with Gasteiger partial charge in [-0.1, -0.05) is 68.3 Å². The summed E-state index contributed by atoms with van der Waals surface area (Å²) in [6.45, 7) is 2.87. The van der Waals surface area contributed by atoms with Crippen molar-refractivity contribution in [3.63, 3.8) is 0 Å². The first-order valence-corrected chi connectivity index (χ1v) is 13.3. The molecule has 0 saturated heterocycles. The summed E-state index contributed by atoms with van der Waals surface area (Å²) in [5, 5.41) is 37.1. The van der Waals surface area contributed by atoms with Gasteiger partial charge in [-0.3, -0.25) is 9.59 Å². The van der Waals surface area contributed by atoms with E-state index in [4.69, 9.17) is 15.5 Å². The highest BCUT2D eigenvalue weighted by Gasteiger charge is 2.12. The van der Waals surface area contributed by atoms with Crippen LogP contribution in [0, 0.1) is 6.92 Å². The molecule has 0 bridgehead atoms. The summed E-state index contributed by atoms with van der Waals surface area (Å²) in [5.74, 6) is 0.802. The minimum absolute atomic E-state index is 0.0668.